The van der Waals surface area contributed by atoms with Gasteiger partial charge in [-0.25, -0.2) is 0 Å². The second-order valence-corrected chi connectivity index (χ2v) is 6.58. The van der Waals surface area contributed by atoms with Gasteiger partial charge in [-0.05, 0) is 54.8 Å². The summed E-state index contributed by atoms with van der Waals surface area (Å²) < 4.78 is 0. The molecule has 0 spiro atoms. The molecule has 0 saturated carbocycles. The Hall–Kier alpha value is -3.21. The van der Waals surface area contributed by atoms with Gasteiger partial charge in [0.2, 0.25) is 5.91 Å². The number of hydrogen-bond donors (Lipinski definition) is 1. The fourth-order valence-electron chi connectivity index (χ4n) is 3.44. The molecule has 0 saturated heterocycles. The number of hydrogen-bond acceptors (Lipinski definition) is 3. The van der Waals surface area contributed by atoms with E-state index < -0.39 is 0 Å². The van der Waals surface area contributed by atoms with E-state index in [0.29, 0.717) is 18.4 Å². The monoisotopic (exact) mass is 345 g/mol. The van der Waals surface area contributed by atoms with E-state index in [1.54, 1.807) is 18.1 Å². The van der Waals surface area contributed by atoms with Gasteiger partial charge in [-0.15, -0.1) is 0 Å². The number of anilines is 2. The molecule has 1 aliphatic heterocycles. The van der Waals surface area contributed by atoms with E-state index in [9.17, 15) is 9.59 Å². The Bertz CT molecular complexity index is 1040. The highest BCUT2D eigenvalue weighted by molar-refractivity contribution is 6.13. The number of benzene rings is 2. The van der Waals surface area contributed by atoms with Crippen molar-refractivity contribution in [1.29, 1.82) is 0 Å². The van der Waals surface area contributed by atoms with Crippen LogP contribution in [0.2, 0.25) is 0 Å². The number of carbonyl (C=O) groups is 2. The number of pyridine rings is 1. The highest BCUT2D eigenvalue weighted by atomic mass is 16.2. The van der Waals surface area contributed by atoms with Crippen molar-refractivity contribution in [1.82, 2.24) is 4.98 Å². The van der Waals surface area contributed by atoms with Crippen LogP contribution in [0.1, 0.15) is 27.9 Å². The third-order valence-electron chi connectivity index (χ3n) is 4.90. The van der Waals surface area contributed by atoms with Crippen molar-refractivity contribution in [2.24, 2.45) is 0 Å². The summed E-state index contributed by atoms with van der Waals surface area (Å²) in [6.45, 7) is 1.98. The molecule has 5 nitrogen and oxygen atoms in total. The second-order valence-electron chi connectivity index (χ2n) is 6.58. The standard InChI is InChI=1S/C21H19N3O2/c1-13-5-8-17(16-4-3-11-22-20(13)16)21(26)23-15-7-9-18-14(12-15)6-10-19(25)24(18)2/h3-5,7-9,11-12H,6,10H2,1-2H3,(H,23,26). The van der Waals surface area contributed by atoms with E-state index in [0.717, 1.165) is 33.4 Å². The quantitative estimate of drug-likeness (QED) is 0.770. The minimum Gasteiger partial charge on any atom is -0.322 e. The third-order valence-corrected chi connectivity index (χ3v) is 4.90. The van der Waals surface area contributed by atoms with Gasteiger partial charge in [0.15, 0.2) is 0 Å². The number of carbonyl (C=O) groups excluding carboxylic acids is 2. The zero-order valence-corrected chi connectivity index (χ0v) is 14.7. The number of rotatable bonds is 2. The van der Waals surface area contributed by atoms with E-state index in [1.165, 1.54) is 0 Å². The fourth-order valence-corrected chi connectivity index (χ4v) is 3.44. The molecule has 3 aromatic rings. The molecule has 26 heavy (non-hydrogen) atoms. The molecule has 4 rings (SSSR count). The first-order chi connectivity index (χ1) is 12.5. The molecular weight excluding hydrogens is 326 g/mol. The van der Waals surface area contributed by atoms with Gasteiger partial charge in [-0.2, -0.15) is 0 Å². The first-order valence-electron chi connectivity index (χ1n) is 8.60. The lowest BCUT2D eigenvalue weighted by molar-refractivity contribution is -0.118. The van der Waals surface area contributed by atoms with Gasteiger partial charge in [0.25, 0.3) is 5.91 Å². The van der Waals surface area contributed by atoms with E-state index in [2.05, 4.69) is 10.3 Å². The Kier molecular flexibility index (Phi) is 3.92. The van der Waals surface area contributed by atoms with E-state index in [4.69, 9.17) is 0 Å². The maximum Gasteiger partial charge on any atom is 0.256 e. The van der Waals surface area contributed by atoms with Gasteiger partial charge >= 0.3 is 0 Å². The van der Waals surface area contributed by atoms with Crippen LogP contribution in [0.5, 0.6) is 0 Å². The van der Waals surface area contributed by atoms with Crippen molar-refractivity contribution in [3.8, 4) is 0 Å². The molecule has 0 atom stereocenters. The van der Waals surface area contributed by atoms with Crippen molar-refractivity contribution in [2.75, 3.05) is 17.3 Å². The third kappa shape index (κ3) is 2.71. The highest BCUT2D eigenvalue weighted by Crippen LogP contribution is 2.29. The highest BCUT2D eigenvalue weighted by Gasteiger charge is 2.21. The first kappa shape index (κ1) is 16.3. The van der Waals surface area contributed by atoms with Gasteiger partial charge in [0.05, 0.1) is 5.52 Å². The summed E-state index contributed by atoms with van der Waals surface area (Å²) >= 11 is 0. The van der Waals surface area contributed by atoms with Gasteiger partial charge in [-0.3, -0.25) is 14.6 Å². The van der Waals surface area contributed by atoms with Crippen LogP contribution in [0, 0.1) is 6.92 Å². The van der Waals surface area contributed by atoms with Crippen LogP contribution < -0.4 is 10.2 Å². The Balaban J connectivity index is 1.66. The summed E-state index contributed by atoms with van der Waals surface area (Å²) in [5.41, 5.74) is 5.19. The van der Waals surface area contributed by atoms with Gasteiger partial charge < -0.3 is 10.2 Å². The van der Waals surface area contributed by atoms with Crippen molar-refractivity contribution in [2.45, 2.75) is 19.8 Å². The molecule has 2 heterocycles. The Morgan fingerprint density at radius 1 is 1.15 bits per heavy atom. The Morgan fingerprint density at radius 2 is 2.00 bits per heavy atom. The number of aryl methyl sites for hydroxylation is 2. The molecule has 0 unspecified atom stereocenters. The van der Waals surface area contributed by atoms with Crippen LogP contribution in [0.3, 0.4) is 0 Å². The predicted molar refractivity (Wildman–Crippen MR) is 103 cm³/mol. The first-order valence-corrected chi connectivity index (χ1v) is 8.60. The molecule has 2 amide bonds. The summed E-state index contributed by atoms with van der Waals surface area (Å²) in [6.07, 6.45) is 2.92. The largest absolute Gasteiger partial charge is 0.322 e. The van der Waals surface area contributed by atoms with E-state index in [-0.39, 0.29) is 11.8 Å². The molecule has 2 aromatic carbocycles. The van der Waals surface area contributed by atoms with E-state index >= 15 is 0 Å². The Morgan fingerprint density at radius 3 is 2.85 bits per heavy atom. The zero-order chi connectivity index (χ0) is 18.3. The minimum absolute atomic E-state index is 0.118. The van der Waals surface area contributed by atoms with Crippen molar-refractivity contribution < 1.29 is 9.59 Å². The minimum atomic E-state index is -0.164. The summed E-state index contributed by atoms with van der Waals surface area (Å²) in [7, 11) is 1.78. The normalized spacial score (nSPS) is 13.6. The number of nitrogens with one attached hydrogen (secondary N) is 1. The number of aromatic nitrogens is 1. The summed E-state index contributed by atoms with van der Waals surface area (Å²) in [6, 6.07) is 13.2. The SMILES string of the molecule is Cc1ccc(C(=O)Nc2ccc3c(c2)CCC(=O)N3C)c2cccnc12. The number of amides is 2. The molecule has 0 fully saturated rings. The molecule has 0 aliphatic carbocycles. The zero-order valence-electron chi connectivity index (χ0n) is 14.7. The van der Waals surface area contributed by atoms with Crippen molar-refractivity contribution in [3.63, 3.8) is 0 Å². The molecule has 0 bridgehead atoms. The van der Waals surface area contributed by atoms with Crippen LogP contribution in [0.4, 0.5) is 11.4 Å². The predicted octanol–water partition coefficient (Wildman–Crippen LogP) is 3.70. The average molecular weight is 345 g/mol. The second kappa shape index (κ2) is 6.26. The fraction of sp³-hybridized carbons (Fsp3) is 0.190. The Labute approximate surface area is 151 Å². The summed E-state index contributed by atoms with van der Waals surface area (Å²) in [5.74, 6) is -0.0453. The number of fused-ring (bicyclic) bond motifs is 2. The van der Waals surface area contributed by atoms with Gasteiger partial charge in [0, 0.05) is 42.0 Å². The van der Waals surface area contributed by atoms with Crippen LogP contribution in [0.25, 0.3) is 10.9 Å². The average Bonchev–Trinajstić information content (AvgIpc) is 2.65. The summed E-state index contributed by atoms with van der Waals surface area (Å²) in [4.78, 5) is 30.7. The lowest BCUT2D eigenvalue weighted by Crippen LogP contribution is -2.31. The number of nitrogens with zero attached hydrogens (tertiary/aromatic N) is 2. The summed E-state index contributed by atoms with van der Waals surface area (Å²) in [5, 5.41) is 3.82. The van der Waals surface area contributed by atoms with E-state index in [1.807, 2.05) is 49.4 Å². The van der Waals surface area contributed by atoms with Crippen molar-refractivity contribution >= 4 is 34.1 Å². The molecule has 0 radical (unpaired) electrons. The van der Waals surface area contributed by atoms with Crippen LogP contribution in [0.15, 0.2) is 48.7 Å². The van der Waals surface area contributed by atoms with Gasteiger partial charge in [0.1, 0.15) is 0 Å². The van der Waals surface area contributed by atoms with Crippen LogP contribution in [-0.2, 0) is 11.2 Å². The molecule has 5 heteroatoms. The topological polar surface area (TPSA) is 62.3 Å². The molecule has 130 valence electrons. The molecular formula is C21H19N3O2. The van der Waals surface area contributed by atoms with Crippen molar-refractivity contribution in [3.05, 3.63) is 65.4 Å². The smallest absolute Gasteiger partial charge is 0.256 e. The molecule has 1 aliphatic rings. The van der Waals surface area contributed by atoms with Crippen LogP contribution in [-0.4, -0.2) is 23.8 Å². The maximum atomic E-state index is 12.8. The lowest BCUT2D eigenvalue weighted by atomic mass is 10.0. The van der Waals surface area contributed by atoms with Gasteiger partial charge in [-0.1, -0.05) is 12.1 Å². The molecule has 1 N–H and O–H groups in total. The maximum absolute atomic E-state index is 12.8. The van der Waals surface area contributed by atoms with Crippen LogP contribution >= 0.6 is 0 Å². The molecule has 1 aromatic heterocycles. The lowest BCUT2D eigenvalue weighted by Gasteiger charge is -2.26.